The van der Waals surface area contributed by atoms with Gasteiger partial charge >= 0.3 is 0 Å². The summed E-state index contributed by atoms with van der Waals surface area (Å²) in [6, 6.07) is 4.12. The lowest BCUT2D eigenvalue weighted by molar-refractivity contribution is 0.0784. The van der Waals surface area contributed by atoms with Crippen LogP contribution in [0, 0.1) is 0 Å². The van der Waals surface area contributed by atoms with Gasteiger partial charge in [0.2, 0.25) is 0 Å². The average Bonchev–Trinajstić information content (AvgIpc) is 3.29. The van der Waals surface area contributed by atoms with Gasteiger partial charge in [-0.3, -0.25) is 9.69 Å². The van der Waals surface area contributed by atoms with Crippen LogP contribution in [0.25, 0.3) is 0 Å². The van der Waals surface area contributed by atoms with Gasteiger partial charge in [0.05, 0.1) is 11.4 Å². The number of likely N-dealkylation sites (tertiary alicyclic amines) is 1. The molecule has 1 amide bonds. The van der Waals surface area contributed by atoms with E-state index < -0.39 is 0 Å². The lowest BCUT2D eigenvalue weighted by Crippen LogP contribution is -2.36. The summed E-state index contributed by atoms with van der Waals surface area (Å²) in [6.45, 7) is 6.53. The second-order valence-electron chi connectivity index (χ2n) is 7.17. The first-order chi connectivity index (χ1) is 13.0. The Labute approximate surface area is 165 Å². The van der Waals surface area contributed by atoms with Gasteiger partial charge in [-0.2, -0.15) is 0 Å². The third-order valence-corrected chi connectivity index (χ3v) is 6.38. The van der Waals surface area contributed by atoms with Crippen LogP contribution in [-0.4, -0.2) is 51.9 Å². The maximum absolute atomic E-state index is 13.0. The zero-order valence-electron chi connectivity index (χ0n) is 16.4. The quantitative estimate of drug-likeness (QED) is 0.790. The number of aryl methyl sites for hydroxylation is 2. The highest BCUT2D eigenvalue weighted by Crippen LogP contribution is 2.27. The molecule has 1 aliphatic heterocycles. The van der Waals surface area contributed by atoms with Crippen molar-refractivity contribution in [2.24, 2.45) is 0 Å². The van der Waals surface area contributed by atoms with E-state index in [4.69, 9.17) is 5.73 Å². The second kappa shape index (κ2) is 8.80. The number of hydrogen-bond donors (Lipinski definition) is 1. The van der Waals surface area contributed by atoms with Crippen LogP contribution >= 0.6 is 11.3 Å². The zero-order chi connectivity index (χ0) is 19.4. The summed E-state index contributed by atoms with van der Waals surface area (Å²) < 4.78 is 0. The lowest BCUT2D eigenvalue weighted by atomic mass is 10.1. The van der Waals surface area contributed by atoms with Crippen LogP contribution in [0.2, 0.25) is 0 Å². The number of carbonyl (C=O) groups excluding carboxylic acids is 1. The summed E-state index contributed by atoms with van der Waals surface area (Å²) >= 11 is 1.68. The third-order valence-electron chi connectivity index (χ3n) is 5.16. The number of amides is 1. The monoisotopic (exact) mass is 387 g/mol. The first-order valence-electron chi connectivity index (χ1n) is 9.70. The van der Waals surface area contributed by atoms with E-state index >= 15 is 0 Å². The predicted octanol–water partition coefficient (Wildman–Crippen LogP) is 2.98. The minimum Gasteiger partial charge on any atom is -0.384 e. The van der Waals surface area contributed by atoms with E-state index in [0.717, 1.165) is 49.5 Å². The van der Waals surface area contributed by atoms with Gasteiger partial charge in [0, 0.05) is 30.2 Å². The van der Waals surface area contributed by atoms with Gasteiger partial charge in [-0.25, -0.2) is 9.97 Å². The molecule has 7 heteroatoms. The number of nitrogens with two attached hydrogens (primary N) is 1. The molecule has 0 bridgehead atoms. The topological polar surface area (TPSA) is 75.4 Å². The SMILES string of the molecule is CCCc1sc(C(=O)N2CC[C@@H](N(C)Cc3nccc(N)n3)C2)cc1CC. The minimum atomic E-state index is 0.174. The third kappa shape index (κ3) is 4.65. The lowest BCUT2D eigenvalue weighted by Gasteiger charge is -2.23. The molecule has 1 aliphatic rings. The number of aromatic nitrogens is 2. The number of likely N-dealkylation sites (N-methyl/N-ethyl adjacent to an activating group) is 1. The molecule has 0 radical (unpaired) electrons. The van der Waals surface area contributed by atoms with Crippen LogP contribution in [0.4, 0.5) is 5.82 Å². The second-order valence-corrected chi connectivity index (χ2v) is 8.31. The molecule has 1 saturated heterocycles. The van der Waals surface area contributed by atoms with Gasteiger partial charge in [0.25, 0.3) is 5.91 Å². The predicted molar refractivity (Wildman–Crippen MR) is 110 cm³/mol. The number of carbonyl (C=O) groups is 1. The molecule has 146 valence electrons. The Hall–Kier alpha value is -1.99. The maximum atomic E-state index is 13.0. The standard InChI is InChI=1S/C20H29N5OS/c1-4-6-16-14(5-2)11-17(27-16)20(26)25-10-8-15(12-25)24(3)13-19-22-9-7-18(21)23-19/h7,9,11,15H,4-6,8,10,12-13H2,1-3H3,(H2,21,22,23)/t15-/m1/s1. The molecule has 1 atom stereocenters. The smallest absolute Gasteiger partial charge is 0.263 e. The van der Waals surface area contributed by atoms with Crippen LogP contribution in [0.3, 0.4) is 0 Å². The van der Waals surface area contributed by atoms with E-state index in [1.54, 1.807) is 23.6 Å². The van der Waals surface area contributed by atoms with Crippen molar-refractivity contribution in [3.63, 3.8) is 0 Å². The van der Waals surface area contributed by atoms with Gasteiger partial charge in [-0.1, -0.05) is 20.3 Å². The molecule has 0 aromatic carbocycles. The molecule has 2 aromatic heterocycles. The Morgan fingerprint density at radius 1 is 1.44 bits per heavy atom. The molecule has 2 N–H and O–H groups in total. The van der Waals surface area contributed by atoms with Crippen molar-refractivity contribution >= 4 is 23.1 Å². The van der Waals surface area contributed by atoms with E-state index in [2.05, 4.69) is 41.8 Å². The number of nitrogens with zero attached hydrogens (tertiary/aromatic N) is 4. The molecule has 3 heterocycles. The number of nitrogen functional groups attached to an aromatic ring is 1. The number of hydrogen-bond acceptors (Lipinski definition) is 6. The number of anilines is 1. The van der Waals surface area contributed by atoms with Crippen LogP contribution in [0.5, 0.6) is 0 Å². The summed E-state index contributed by atoms with van der Waals surface area (Å²) in [5.74, 6) is 1.38. The fraction of sp³-hybridized carbons (Fsp3) is 0.550. The zero-order valence-corrected chi connectivity index (χ0v) is 17.3. The van der Waals surface area contributed by atoms with Crippen molar-refractivity contribution in [2.45, 2.75) is 52.1 Å². The number of thiophene rings is 1. The Bertz CT molecular complexity index is 790. The molecule has 0 spiro atoms. The molecule has 1 fully saturated rings. The van der Waals surface area contributed by atoms with Crippen molar-refractivity contribution in [1.29, 1.82) is 0 Å². The molecule has 0 saturated carbocycles. The van der Waals surface area contributed by atoms with E-state index in [1.807, 2.05) is 4.90 Å². The summed E-state index contributed by atoms with van der Waals surface area (Å²) in [4.78, 5) is 28.0. The number of rotatable bonds is 7. The molecule has 6 nitrogen and oxygen atoms in total. The van der Waals surface area contributed by atoms with Gasteiger partial charge in [-0.05, 0) is 44.0 Å². The molecular formula is C20H29N5OS. The molecule has 0 aliphatic carbocycles. The van der Waals surface area contributed by atoms with Crippen LogP contribution < -0.4 is 5.73 Å². The Balaban J connectivity index is 1.62. The first-order valence-corrected chi connectivity index (χ1v) is 10.5. The summed E-state index contributed by atoms with van der Waals surface area (Å²) in [6.07, 6.45) is 5.82. The highest BCUT2D eigenvalue weighted by Gasteiger charge is 2.30. The van der Waals surface area contributed by atoms with Gasteiger partial charge < -0.3 is 10.6 Å². The summed E-state index contributed by atoms with van der Waals surface area (Å²) in [5.41, 5.74) is 7.07. The van der Waals surface area contributed by atoms with Crippen molar-refractivity contribution in [3.8, 4) is 0 Å². The Morgan fingerprint density at radius 2 is 2.26 bits per heavy atom. The van der Waals surface area contributed by atoms with E-state index in [9.17, 15) is 4.79 Å². The summed E-state index contributed by atoms with van der Waals surface area (Å²) in [7, 11) is 2.06. The van der Waals surface area contributed by atoms with Gasteiger partial charge in [-0.15, -0.1) is 11.3 Å². The minimum absolute atomic E-state index is 0.174. The fourth-order valence-corrected chi connectivity index (χ4v) is 4.92. The largest absolute Gasteiger partial charge is 0.384 e. The Morgan fingerprint density at radius 3 is 2.96 bits per heavy atom. The molecule has 0 unspecified atom stereocenters. The first kappa shape index (κ1) is 19.8. The van der Waals surface area contributed by atoms with Gasteiger partial charge in [0.1, 0.15) is 11.6 Å². The van der Waals surface area contributed by atoms with Gasteiger partial charge in [0.15, 0.2) is 0 Å². The fourth-order valence-electron chi connectivity index (χ4n) is 3.59. The van der Waals surface area contributed by atoms with Crippen molar-refractivity contribution in [3.05, 3.63) is 39.5 Å². The Kier molecular flexibility index (Phi) is 6.44. The van der Waals surface area contributed by atoms with Crippen molar-refractivity contribution < 1.29 is 4.79 Å². The average molecular weight is 388 g/mol. The summed E-state index contributed by atoms with van der Waals surface area (Å²) in [5, 5.41) is 0. The highest BCUT2D eigenvalue weighted by atomic mass is 32.1. The maximum Gasteiger partial charge on any atom is 0.263 e. The van der Waals surface area contributed by atoms with Crippen molar-refractivity contribution in [1.82, 2.24) is 19.8 Å². The molecular weight excluding hydrogens is 358 g/mol. The molecule has 27 heavy (non-hydrogen) atoms. The van der Waals surface area contributed by atoms with Crippen LogP contribution in [-0.2, 0) is 19.4 Å². The van der Waals surface area contributed by atoms with Crippen molar-refractivity contribution in [2.75, 3.05) is 25.9 Å². The molecule has 3 rings (SSSR count). The van der Waals surface area contributed by atoms with Crippen LogP contribution in [0.15, 0.2) is 18.3 Å². The van der Waals surface area contributed by atoms with E-state index in [-0.39, 0.29) is 5.91 Å². The van der Waals surface area contributed by atoms with E-state index in [0.29, 0.717) is 18.4 Å². The highest BCUT2D eigenvalue weighted by molar-refractivity contribution is 7.14. The van der Waals surface area contributed by atoms with E-state index in [1.165, 1.54) is 10.4 Å². The normalized spacial score (nSPS) is 17.0. The van der Waals surface area contributed by atoms with Crippen LogP contribution in [0.1, 0.15) is 52.6 Å². The molecule has 2 aromatic rings.